The zero-order valence-corrected chi connectivity index (χ0v) is 12.4. The first kappa shape index (κ1) is 15.2. The van der Waals surface area contributed by atoms with Crippen molar-refractivity contribution in [1.29, 1.82) is 0 Å². The summed E-state index contributed by atoms with van der Waals surface area (Å²) in [5, 5.41) is 0. The number of likely N-dealkylation sites (N-methyl/N-ethyl adjacent to an activating group) is 1. The molecular formula is C14H24N2OS. The summed E-state index contributed by atoms with van der Waals surface area (Å²) >= 11 is 1.89. The van der Waals surface area contributed by atoms with E-state index < -0.39 is 0 Å². The number of ether oxygens (including phenoxy) is 1. The number of hydrogen-bond acceptors (Lipinski definition) is 4. The van der Waals surface area contributed by atoms with Gasteiger partial charge in [0.05, 0.1) is 7.11 Å². The van der Waals surface area contributed by atoms with E-state index in [-0.39, 0.29) is 0 Å². The van der Waals surface area contributed by atoms with Crippen LogP contribution >= 0.6 is 11.8 Å². The highest BCUT2D eigenvalue weighted by atomic mass is 32.2. The van der Waals surface area contributed by atoms with Gasteiger partial charge in [0.25, 0.3) is 0 Å². The summed E-state index contributed by atoms with van der Waals surface area (Å²) in [4.78, 5) is 2.26. The first-order chi connectivity index (χ1) is 8.72. The summed E-state index contributed by atoms with van der Waals surface area (Å²) < 4.78 is 5.17. The highest BCUT2D eigenvalue weighted by Gasteiger charge is 2.13. The summed E-state index contributed by atoms with van der Waals surface area (Å²) in [6.45, 7) is 0.691. The maximum absolute atomic E-state index is 5.88. The fourth-order valence-corrected chi connectivity index (χ4v) is 2.42. The smallest absolute Gasteiger partial charge is 0.119 e. The summed E-state index contributed by atoms with van der Waals surface area (Å²) in [5.74, 6) is 2.09. The molecule has 0 saturated heterocycles. The van der Waals surface area contributed by atoms with Crippen molar-refractivity contribution in [2.45, 2.75) is 18.9 Å². The van der Waals surface area contributed by atoms with Crippen LogP contribution in [0.25, 0.3) is 0 Å². The van der Waals surface area contributed by atoms with Crippen LogP contribution in [0, 0.1) is 0 Å². The Bertz CT molecular complexity index is 329. The maximum Gasteiger partial charge on any atom is 0.119 e. The van der Waals surface area contributed by atoms with E-state index in [4.69, 9.17) is 10.5 Å². The molecule has 0 fully saturated rings. The first-order valence-electron chi connectivity index (χ1n) is 6.28. The van der Waals surface area contributed by atoms with E-state index in [1.165, 1.54) is 17.9 Å². The molecule has 18 heavy (non-hydrogen) atoms. The Morgan fingerprint density at radius 3 is 2.50 bits per heavy atom. The van der Waals surface area contributed by atoms with Crippen molar-refractivity contribution in [1.82, 2.24) is 0 Å². The molecule has 1 unspecified atom stereocenters. The van der Waals surface area contributed by atoms with Gasteiger partial charge in [0.1, 0.15) is 5.75 Å². The van der Waals surface area contributed by atoms with Crippen molar-refractivity contribution < 1.29 is 4.74 Å². The summed E-state index contributed by atoms with van der Waals surface area (Å²) in [6, 6.07) is 8.54. The molecular weight excluding hydrogens is 244 g/mol. The van der Waals surface area contributed by atoms with Crippen molar-refractivity contribution in [2.75, 3.05) is 37.6 Å². The SMILES string of the molecule is COc1ccc(N(C)C(CN)CCCSC)cc1. The molecule has 0 aliphatic rings. The lowest BCUT2D eigenvalue weighted by molar-refractivity contribution is 0.414. The van der Waals surface area contributed by atoms with Gasteiger partial charge in [-0.05, 0) is 49.1 Å². The van der Waals surface area contributed by atoms with Gasteiger partial charge in [0.15, 0.2) is 0 Å². The number of benzene rings is 1. The van der Waals surface area contributed by atoms with Crippen LogP contribution in [0.3, 0.4) is 0 Å². The van der Waals surface area contributed by atoms with Crippen LogP contribution in [0.15, 0.2) is 24.3 Å². The predicted molar refractivity (Wildman–Crippen MR) is 81.9 cm³/mol. The molecule has 3 nitrogen and oxygen atoms in total. The molecule has 2 N–H and O–H groups in total. The number of rotatable bonds is 8. The van der Waals surface area contributed by atoms with E-state index in [1.54, 1.807) is 7.11 Å². The van der Waals surface area contributed by atoms with E-state index in [0.29, 0.717) is 12.6 Å². The minimum Gasteiger partial charge on any atom is -0.497 e. The van der Waals surface area contributed by atoms with Gasteiger partial charge in [-0.3, -0.25) is 0 Å². The minimum atomic E-state index is 0.408. The highest BCUT2D eigenvalue weighted by molar-refractivity contribution is 7.98. The summed E-state index contributed by atoms with van der Waals surface area (Å²) in [7, 11) is 3.79. The molecule has 0 aromatic heterocycles. The van der Waals surface area contributed by atoms with Gasteiger partial charge in [-0.1, -0.05) is 0 Å². The second kappa shape index (κ2) is 8.27. The van der Waals surface area contributed by atoms with Crippen molar-refractivity contribution in [3.8, 4) is 5.75 Å². The van der Waals surface area contributed by atoms with E-state index in [1.807, 2.05) is 23.9 Å². The fourth-order valence-electron chi connectivity index (χ4n) is 1.96. The minimum absolute atomic E-state index is 0.408. The molecule has 1 rings (SSSR count). The van der Waals surface area contributed by atoms with Crippen LogP contribution in [-0.2, 0) is 0 Å². The Kier molecular flexibility index (Phi) is 6.98. The predicted octanol–water partition coefficient (Wildman–Crippen LogP) is 2.60. The lowest BCUT2D eigenvalue weighted by Crippen LogP contribution is -2.38. The number of anilines is 1. The van der Waals surface area contributed by atoms with Gasteiger partial charge in [0, 0.05) is 25.3 Å². The van der Waals surface area contributed by atoms with E-state index in [9.17, 15) is 0 Å². The zero-order valence-electron chi connectivity index (χ0n) is 11.6. The number of hydrogen-bond donors (Lipinski definition) is 1. The molecule has 0 heterocycles. The number of nitrogens with zero attached hydrogens (tertiary/aromatic N) is 1. The molecule has 0 spiro atoms. The largest absolute Gasteiger partial charge is 0.497 e. The molecule has 4 heteroatoms. The summed E-state index contributed by atoms with van der Waals surface area (Å²) in [5.41, 5.74) is 7.07. The average Bonchev–Trinajstić information content (AvgIpc) is 2.43. The second-order valence-electron chi connectivity index (χ2n) is 4.33. The molecule has 0 aliphatic carbocycles. The van der Waals surface area contributed by atoms with Crippen LogP contribution in [0.1, 0.15) is 12.8 Å². The lowest BCUT2D eigenvalue weighted by Gasteiger charge is -2.29. The Hall–Kier alpha value is -0.870. The number of nitrogens with two attached hydrogens (primary N) is 1. The van der Waals surface area contributed by atoms with Crippen LogP contribution < -0.4 is 15.4 Å². The van der Waals surface area contributed by atoms with Crippen LogP contribution in [0.2, 0.25) is 0 Å². The molecule has 1 aromatic carbocycles. The topological polar surface area (TPSA) is 38.5 Å². The second-order valence-corrected chi connectivity index (χ2v) is 5.32. The molecule has 102 valence electrons. The standard InChI is InChI=1S/C14H24N2OS/c1-16(13(11-15)5-4-10-18-3)12-6-8-14(17-2)9-7-12/h6-9,13H,4-5,10-11,15H2,1-3H3. The molecule has 0 bridgehead atoms. The van der Waals surface area contributed by atoms with Gasteiger partial charge >= 0.3 is 0 Å². The Morgan fingerprint density at radius 1 is 1.33 bits per heavy atom. The van der Waals surface area contributed by atoms with Crippen molar-refractivity contribution in [2.24, 2.45) is 5.73 Å². The summed E-state index contributed by atoms with van der Waals surface area (Å²) in [6.07, 6.45) is 4.49. The average molecular weight is 268 g/mol. The Morgan fingerprint density at radius 2 is 2.00 bits per heavy atom. The Labute approximate surface area is 115 Å². The van der Waals surface area contributed by atoms with Gasteiger partial charge in [0.2, 0.25) is 0 Å². The molecule has 0 radical (unpaired) electrons. The molecule has 0 amide bonds. The van der Waals surface area contributed by atoms with Crippen LogP contribution in [0.4, 0.5) is 5.69 Å². The fraction of sp³-hybridized carbons (Fsp3) is 0.571. The zero-order chi connectivity index (χ0) is 13.4. The third-order valence-corrected chi connectivity index (χ3v) is 3.88. The Balaban J connectivity index is 2.60. The van der Waals surface area contributed by atoms with Gasteiger partial charge in [-0.25, -0.2) is 0 Å². The van der Waals surface area contributed by atoms with E-state index >= 15 is 0 Å². The third kappa shape index (κ3) is 4.42. The van der Waals surface area contributed by atoms with Crippen molar-refractivity contribution >= 4 is 17.4 Å². The van der Waals surface area contributed by atoms with Crippen LogP contribution in [-0.4, -0.2) is 38.8 Å². The van der Waals surface area contributed by atoms with Crippen LogP contribution in [0.5, 0.6) is 5.75 Å². The van der Waals surface area contributed by atoms with Crippen molar-refractivity contribution in [3.05, 3.63) is 24.3 Å². The lowest BCUT2D eigenvalue weighted by atomic mass is 10.1. The highest BCUT2D eigenvalue weighted by Crippen LogP contribution is 2.21. The number of thioether (sulfide) groups is 1. The quantitative estimate of drug-likeness (QED) is 0.736. The van der Waals surface area contributed by atoms with Gasteiger partial charge in [-0.2, -0.15) is 11.8 Å². The first-order valence-corrected chi connectivity index (χ1v) is 7.68. The van der Waals surface area contributed by atoms with E-state index in [2.05, 4.69) is 30.3 Å². The van der Waals surface area contributed by atoms with Gasteiger partial charge in [-0.15, -0.1) is 0 Å². The molecule has 1 atom stereocenters. The molecule has 0 aliphatic heterocycles. The van der Waals surface area contributed by atoms with Crippen molar-refractivity contribution in [3.63, 3.8) is 0 Å². The van der Waals surface area contributed by atoms with E-state index in [0.717, 1.165) is 12.2 Å². The molecule has 1 aromatic rings. The third-order valence-electron chi connectivity index (χ3n) is 3.19. The monoisotopic (exact) mass is 268 g/mol. The normalized spacial score (nSPS) is 12.2. The number of methoxy groups -OCH3 is 1. The maximum atomic E-state index is 5.88. The molecule has 0 saturated carbocycles. The van der Waals surface area contributed by atoms with Gasteiger partial charge < -0.3 is 15.4 Å².